The second kappa shape index (κ2) is 7.59. The Bertz CT molecular complexity index is 968. The molecule has 1 atom stereocenters. The molecule has 1 unspecified atom stereocenters. The number of carboxylic acids is 1. The van der Waals surface area contributed by atoms with Crippen LogP contribution in [0.5, 0.6) is 0 Å². The van der Waals surface area contributed by atoms with E-state index in [4.69, 9.17) is 9.15 Å². The summed E-state index contributed by atoms with van der Waals surface area (Å²) in [5.74, 6) is -0.882. The van der Waals surface area contributed by atoms with Gasteiger partial charge in [-0.15, -0.1) is 0 Å². The summed E-state index contributed by atoms with van der Waals surface area (Å²) in [5, 5.41) is 12.6. The van der Waals surface area contributed by atoms with E-state index in [1.54, 1.807) is 31.2 Å². The van der Waals surface area contributed by atoms with Crippen LogP contribution in [0.15, 0.2) is 53.1 Å². The van der Waals surface area contributed by atoms with Gasteiger partial charge in [-0.3, -0.25) is 9.59 Å². The van der Waals surface area contributed by atoms with Gasteiger partial charge in [-0.25, -0.2) is 4.98 Å². The predicted octanol–water partition coefficient (Wildman–Crippen LogP) is 3.10. The molecule has 3 rings (SSSR count). The second-order valence-electron chi connectivity index (χ2n) is 6.57. The number of carbonyl (C=O) groups is 2. The van der Waals surface area contributed by atoms with Crippen molar-refractivity contribution in [2.75, 3.05) is 13.7 Å². The largest absolute Gasteiger partial charge is 0.481 e. The molecule has 7 heteroatoms. The van der Waals surface area contributed by atoms with E-state index in [-0.39, 0.29) is 13.0 Å². The molecule has 140 valence electrons. The number of ether oxygens (including phenoxy) is 1. The molecule has 0 aliphatic heterocycles. The summed E-state index contributed by atoms with van der Waals surface area (Å²) in [6.07, 6.45) is 1.27. The molecule has 1 amide bonds. The first-order chi connectivity index (χ1) is 12.9. The molecule has 3 aromatic rings. The van der Waals surface area contributed by atoms with Crippen LogP contribution in [-0.4, -0.2) is 41.2 Å². The number of furan rings is 1. The number of hydrogen-bond donors (Lipinski definition) is 2. The monoisotopic (exact) mass is 368 g/mol. The SMILES string of the molecule is COCC(C)(CC(=O)O)NC(=O)c1cc(-c2ccco2)nc2ccccc12. The first kappa shape index (κ1) is 18.6. The average Bonchev–Trinajstić information content (AvgIpc) is 3.14. The van der Waals surface area contributed by atoms with Gasteiger partial charge in [0, 0.05) is 12.5 Å². The molecular formula is C20H20N2O5. The van der Waals surface area contributed by atoms with Crippen molar-refractivity contribution in [2.45, 2.75) is 18.9 Å². The third-order valence-corrected chi connectivity index (χ3v) is 4.15. The molecule has 0 fully saturated rings. The highest BCUT2D eigenvalue weighted by molar-refractivity contribution is 6.07. The second-order valence-corrected chi connectivity index (χ2v) is 6.57. The fourth-order valence-electron chi connectivity index (χ4n) is 3.04. The Labute approximate surface area is 156 Å². The van der Waals surface area contributed by atoms with Gasteiger partial charge in [0.15, 0.2) is 5.76 Å². The van der Waals surface area contributed by atoms with Gasteiger partial charge in [0.25, 0.3) is 5.91 Å². The van der Waals surface area contributed by atoms with Crippen LogP contribution in [0.4, 0.5) is 0 Å². The van der Waals surface area contributed by atoms with Crippen LogP contribution in [-0.2, 0) is 9.53 Å². The lowest BCUT2D eigenvalue weighted by atomic mass is 9.97. The van der Waals surface area contributed by atoms with Gasteiger partial charge in [-0.1, -0.05) is 18.2 Å². The Balaban J connectivity index is 2.04. The lowest BCUT2D eigenvalue weighted by molar-refractivity contribution is -0.139. The zero-order valence-electron chi connectivity index (χ0n) is 15.1. The zero-order valence-corrected chi connectivity index (χ0v) is 15.1. The van der Waals surface area contributed by atoms with E-state index >= 15 is 0 Å². The standard InChI is InChI=1S/C20H20N2O5/c1-20(12-26-2,11-18(23)24)22-19(25)14-10-16(17-8-5-9-27-17)21-15-7-4-3-6-13(14)15/h3-10H,11-12H2,1-2H3,(H,22,25)(H,23,24). The Morgan fingerprint density at radius 2 is 2.04 bits per heavy atom. The van der Waals surface area contributed by atoms with Crippen molar-refractivity contribution in [2.24, 2.45) is 0 Å². The molecule has 0 spiro atoms. The predicted molar refractivity (Wildman–Crippen MR) is 99.4 cm³/mol. The van der Waals surface area contributed by atoms with Crippen LogP contribution in [0.25, 0.3) is 22.4 Å². The van der Waals surface area contributed by atoms with Gasteiger partial charge in [-0.05, 0) is 31.2 Å². The molecule has 0 aliphatic carbocycles. The number of amides is 1. The van der Waals surface area contributed by atoms with Crippen molar-refractivity contribution in [1.82, 2.24) is 10.3 Å². The van der Waals surface area contributed by atoms with Crippen molar-refractivity contribution in [3.8, 4) is 11.5 Å². The Kier molecular flexibility index (Phi) is 5.23. The zero-order chi connectivity index (χ0) is 19.4. The molecule has 27 heavy (non-hydrogen) atoms. The summed E-state index contributed by atoms with van der Waals surface area (Å²) in [6.45, 7) is 1.71. The van der Waals surface area contributed by atoms with Gasteiger partial charge in [0.05, 0.1) is 35.9 Å². The molecule has 0 bridgehead atoms. The highest BCUT2D eigenvalue weighted by atomic mass is 16.5. The number of aliphatic carboxylic acids is 1. The number of methoxy groups -OCH3 is 1. The van der Waals surface area contributed by atoms with Crippen LogP contribution in [0.1, 0.15) is 23.7 Å². The van der Waals surface area contributed by atoms with Crippen LogP contribution >= 0.6 is 0 Å². The van der Waals surface area contributed by atoms with E-state index in [1.165, 1.54) is 13.4 Å². The number of rotatable bonds is 7. The molecule has 0 radical (unpaired) electrons. The topological polar surface area (TPSA) is 102 Å². The van der Waals surface area contributed by atoms with E-state index in [1.807, 2.05) is 18.2 Å². The maximum absolute atomic E-state index is 13.0. The normalized spacial score (nSPS) is 13.3. The third kappa shape index (κ3) is 4.15. The highest BCUT2D eigenvalue weighted by Gasteiger charge is 2.30. The van der Waals surface area contributed by atoms with Gasteiger partial charge in [0.1, 0.15) is 5.69 Å². The fraction of sp³-hybridized carbons (Fsp3) is 0.250. The smallest absolute Gasteiger partial charge is 0.305 e. The van der Waals surface area contributed by atoms with E-state index < -0.39 is 17.4 Å². The lowest BCUT2D eigenvalue weighted by Gasteiger charge is -2.28. The van der Waals surface area contributed by atoms with Gasteiger partial charge < -0.3 is 19.6 Å². The van der Waals surface area contributed by atoms with Crippen molar-refractivity contribution >= 4 is 22.8 Å². The molecule has 2 N–H and O–H groups in total. The number of para-hydroxylation sites is 1. The van der Waals surface area contributed by atoms with Gasteiger partial charge >= 0.3 is 5.97 Å². The van der Waals surface area contributed by atoms with E-state index in [0.717, 1.165) is 0 Å². The number of nitrogens with one attached hydrogen (secondary N) is 1. The quantitative estimate of drug-likeness (QED) is 0.664. The molecule has 2 aromatic heterocycles. The Morgan fingerprint density at radius 1 is 1.26 bits per heavy atom. The number of carboxylic acid groups (broad SMARTS) is 1. The molecule has 1 aromatic carbocycles. The summed E-state index contributed by atoms with van der Waals surface area (Å²) in [7, 11) is 1.46. The van der Waals surface area contributed by atoms with Crippen LogP contribution in [0.2, 0.25) is 0 Å². The molecular weight excluding hydrogens is 348 g/mol. The summed E-state index contributed by atoms with van der Waals surface area (Å²) >= 11 is 0. The lowest BCUT2D eigenvalue weighted by Crippen LogP contribution is -2.50. The van der Waals surface area contributed by atoms with E-state index in [0.29, 0.717) is 27.9 Å². The Morgan fingerprint density at radius 3 is 2.70 bits per heavy atom. The van der Waals surface area contributed by atoms with Gasteiger partial charge in [0.2, 0.25) is 0 Å². The third-order valence-electron chi connectivity index (χ3n) is 4.15. The fourth-order valence-corrected chi connectivity index (χ4v) is 3.04. The highest BCUT2D eigenvalue weighted by Crippen LogP contribution is 2.26. The number of nitrogens with zero attached hydrogens (tertiary/aromatic N) is 1. The number of carbonyl (C=O) groups excluding carboxylic acids is 1. The van der Waals surface area contributed by atoms with Gasteiger partial charge in [-0.2, -0.15) is 0 Å². The maximum atomic E-state index is 13.0. The minimum Gasteiger partial charge on any atom is -0.481 e. The Hall–Kier alpha value is -3.19. The first-order valence-corrected chi connectivity index (χ1v) is 8.39. The minimum absolute atomic E-state index is 0.0685. The molecule has 0 saturated carbocycles. The van der Waals surface area contributed by atoms with Crippen LogP contribution in [0, 0.1) is 0 Å². The molecule has 0 saturated heterocycles. The van der Waals surface area contributed by atoms with Crippen LogP contribution < -0.4 is 5.32 Å². The van der Waals surface area contributed by atoms with E-state index in [2.05, 4.69) is 10.3 Å². The van der Waals surface area contributed by atoms with Crippen molar-refractivity contribution in [1.29, 1.82) is 0 Å². The first-order valence-electron chi connectivity index (χ1n) is 8.39. The molecule has 0 aliphatic rings. The van der Waals surface area contributed by atoms with Crippen molar-refractivity contribution in [3.05, 3.63) is 54.3 Å². The van der Waals surface area contributed by atoms with Crippen molar-refractivity contribution < 1.29 is 23.8 Å². The molecule has 2 heterocycles. The van der Waals surface area contributed by atoms with E-state index in [9.17, 15) is 14.7 Å². The average molecular weight is 368 g/mol. The molecule has 7 nitrogen and oxygen atoms in total. The summed E-state index contributed by atoms with van der Waals surface area (Å²) in [5.41, 5.74) is 0.505. The number of benzene rings is 1. The number of pyridine rings is 1. The number of fused-ring (bicyclic) bond motifs is 1. The summed E-state index contributed by atoms with van der Waals surface area (Å²) in [4.78, 5) is 28.8. The number of aromatic nitrogens is 1. The summed E-state index contributed by atoms with van der Waals surface area (Å²) < 4.78 is 10.5. The number of hydrogen-bond acceptors (Lipinski definition) is 5. The maximum Gasteiger partial charge on any atom is 0.305 e. The summed E-state index contributed by atoms with van der Waals surface area (Å²) in [6, 6.07) is 12.4. The minimum atomic E-state index is -1.05. The van der Waals surface area contributed by atoms with Crippen molar-refractivity contribution in [3.63, 3.8) is 0 Å². The van der Waals surface area contributed by atoms with Crippen LogP contribution in [0.3, 0.4) is 0 Å².